The van der Waals surface area contributed by atoms with E-state index >= 15 is 0 Å². The minimum Gasteiger partial charge on any atom is -0.383 e. The predicted molar refractivity (Wildman–Crippen MR) is 108 cm³/mol. The second kappa shape index (κ2) is 9.50. The van der Waals surface area contributed by atoms with Gasteiger partial charge in [-0.25, -0.2) is 4.98 Å². The molecule has 5 heteroatoms. The molecule has 0 bridgehead atoms. The van der Waals surface area contributed by atoms with Crippen LogP contribution in [0.5, 0.6) is 0 Å². The van der Waals surface area contributed by atoms with E-state index in [1.54, 1.807) is 19.4 Å². The largest absolute Gasteiger partial charge is 0.383 e. The van der Waals surface area contributed by atoms with Gasteiger partial charge in [0.1, 0.15) is 5.82 Å². The molecule has 1 heterocycles. The van der Waals surface area contributed by atoms with Crippen LogP contribution in [0.4, 0.5) is 11.5 Å². The van der Waals surface area contributed by atoms with Crippen LogP contribution < -0.4 is 10.6 Å². The number of nitrogens with one attached hydrogen (secondary N) is 2. The number of hydrogen-bond acceptors (Lipinski definition) is 4. The van der Waals surface area contributed by atoms with E-state index in [-0.39, 0.29) is 5.91 Å². The normalized spacial score (nSPS) is 10.6. The smallest absolute Gasteiger partial charge is 0.237 e. The molecule has 138 valence electrons. The summed E-state index contributed by atoms with van der Waals surface area (Å²) in [6.45, 7) is 1.32. The molecule has 0 unspecified atom stereocenters. The molecule has 1 amide bonds. The van der Waals surface area contributed by atoms with Gasteiger partial charge in [-0.2, -0.15) is 0 Å². The fraction of sp³-hybridized carbons (Fsp3) is 0.182. The Bertz CT molecular complexity index is 797. The van der Waals surface area contributed by atoms with Crippen LogP contribution in [-0.4, -0.2) is 31.2 Å². The Labute approximate surface area is 159 Å². The molecule has 27 heavy (non-hydrogen) atoms. The zero-order chi connectivity index (χ0) is 18.9. The minimum atomic E-state index is -0.395. The Hall–Kier alpha value is -3.18. The molecule has 0 aliphatic heterocycles. The van der Waals surface area contributed by atoms with Crippen LogP contribution >= 0.6 is 0 Å². The molecule has 5 nitrogen and oxygen atoms in total. The molecule has 3 rings (SSSR count). The van der Waals surface area contributed by atoms with Crippen molar-refractivity contribution >= 4 is 17.4 Å². The fourth-order valence-electron chi connectivity index (χ4n) is 2.85. The van der Waals surface area contributed by atoms with Crippen LogP contribution in [0.2, 0.25) is 0 Å². The van der Waals surface area contributed by atoms with Gasteiger partial charge in [0.15, 0.2) is 0 Å². The minimum absolute atomic E-state index is 0.111. The predicted octanol–water partition coefficient (Wildman–Crippen LogP) is 3.91. The standard InChI is InChI=1S/C22H23N3O2/c1-27-15-14-23-19-12-13-20(24-16-19)25-22(26)21(17-8-4-2-5-9-17)18-10-6-3-7-11-18/h2-13,16,21,23H,14-15H2,1H3,(H,24,25,26). The Morgan fingerprint density at radius 1 is 0.963 bits per heavy atom. The molecule has 0 aliphatic rings. The van der Waals surface area contributed by atoms with E-state index in [0.717, 1.165) is 16.8 Å². The summed E-state index contributed by atoms with van der Waals surface area (Å²) in [5.74, 6) is 0.0165. The topological polar surface area (TPSA) is 63.2 Å². The van der Waals surface area contributed by atoms with Crippen LogP contribution in [0.3, 0.4) is 0 Å². The lowest BCUT2D eigenvalue weighted by molar-refractivity contribution is -0.116. The average Bonchev–Trinajstić information content (AvgIpc) is 2.71. The third kappa shape index (κ3) is 5.15. The van der Waals surface area contributed by atoms with Crippen molar-refractivity contribution in [2.75, 3.05) is 30.9 Å². The van der Waals surface area contributed by atoms with Gasteiger partial charge in [0, 0.05) is 13.7 Å². The second-order valence-electron chi connectivity index (χ2n) is 6.10. The molecule has 0 saturated heterocycles. The highest BCUT2D eigenvalue weighted by molar-refractivity contribution is 5.97. The summed E-state index contributed by atoms with van der Waals surface area (Å²) < 4.78 is 5.01. The third-order valence-electron chi connectivity index (χ3n) is 4.18. The van der Waals surface area contributed by atoms with Gasteiger partial charge in [0.2, 0.25) is 5.91 Å². The highest BCUT2D eigenvalue weighted by Crippen LogP contribution is 2.26. The number of benzene rings is 2. The van der Waals surface area contributed by atoms with Crippen molar-refractivity contribution in [1.29, 1.82) is 0 Å². The maximum atomic E-state index is 13.0. The van der Waals surface area contributed by atoms with E-state index in [1.165, 1.54) is 0 Å². The van der Waals surface area contributed by atoms with Crippen molar-refractivity contribution < 1.29 is 9.53 Å². The number of nitrogens with zero attached hydrogens (tertiary/aromatic N) is 1. The molecule has 0 spiro atoms. The first-order chi connectivity index (χ1) is 13.3. The number of aromatic nitrogens is 1. The summed E-state index contributed by atoms with van der Waals surface area (Å²) in [6, 6.07) is 23.2. The van der Waals surface area contributed by atoms with Crippen LogP contribution in [0.15, 0.2) is 79.0 Å². The number of methoxy groups -OCH3 is 1. The van der Waals surface area contributed by atoms with E-state index in [9.17, 15) is 4.79 Å². The number of carbonyl (C=O) groups is 1. The van der Waals surface area contributed by atoms with Crippen LogP contribution in [0.1, 0.15) is 17.0 Å². The van der Waals surface area contributed by atoms with E-state index in [1.807, 2.05) is 66.7 Å². The summed E-state index contributed by atoms with van der Waals surface area (Å²) in [6.07, 6.45) is 1.70. The number of anilines is 2. The van der Waals surface area contributed by atoms with Crippen LogP contribution in [0.25, 0.3) is 0 Å². The van der Waals surface area contributed by atoms with Gasteiger partial charge >= 0.3 is 0 Å². The van der Waals surface area contributed by atoms with Gasteiger partial charge in [-0.3, -0.25) is 4.79 Å². The molecule has 0 saturated carbocycles. The third-order valence-corrected chi connectivity index (χ3v) is 4.18. The lowest BCUT2D eigenvalue weighted by atomic mass is 9.90. The molecule has 0 radical (unpaired) electrons. The quantitative estimate of drug-likeness (QED) is 0.597. The Kier molecular flexibility index (Phi) is 6.55. The lowest BCUT2D eigenvalue weighted by Crippen LogP contribution is -2.22. The van der Waals surface area contributed by atoms with Gasteiger partial charge in [-0.1, -0.05) is 60.7 Å². The molecule has 0 aliphatic carbocycles. The van der Waals surface area contributed by atoms with Gasteiger partial charge in [-0.15, -0.1) is 0 Å². The molecular formula is C22H23N3O2. The highest BCUT2D eigenvalue weighted by Gasteiger charge is 2.22. The maximum Gasteiger partial charge on any atom is 0.237 e. The van der Waals surface area contributed by atoms with E-state index in [2.05, 4.69) is 15.6 Å². The first kappa shape index (κ1) is 18.6. The van der Waals surface area contributed by atoms with Gasteiger partial charge in [-0.05, 0) is 23.3 Å². The van der Waals surface area contributed by atoms with Crippen molar-refractivity contribution in [1.82, 2.24) is 4.98 Å². The molecule has 0 atom stereocenters. The Morgan fingerprint density at radius 2 is 1.59 bits per heavy atom. The van der Waals surface area contributed by atoms with Gasteiger partial charge in [0.05, 0.1) is 24.4 Å². The number of amides is 1. The van der Waals surface area contributed by atoms with Crippen LogP contribution in [0, 0.1) is 0 Å². The zero-order valence-electron chi connectivity index (χ0n) is 15.3. The highest BCUT2D eigenvalue weighted by atomic mass is 16.5. The van der Waals surface area contributed by atoms with Crippen molar-refractivity contribution in [3.05, 3.63) is 90.1 Å². The zero-order valence-corrected chi connectivity index (χ0v) is 15.3. The van der Waals surface area contributed by atoms with E-state index < -0.39 is 5.92 Å². The Morgan fingerprint density at radius 3 is 2.11 bits per heavy atom. The summed E-state index contributed by atoms with van der Waals surface area (Å²) in [5.41, 5.74) is 2.77. The molecular weight excluding hydrogens is 338 g/mol. The molecule has 3 aromatic rings. The van der Waals surface area contributed by atoms with Gasteiger partial charge in [0.25, 0.3) is 0 Å². The summed E-state index contributed by atoms with van der Waals surface area (Å²) >= 11 is 0. The average molecular weight is 361 g/mol. The number of rotatable bonds is 8. The monoisotopic (exact) mass is 361 g/mol. The summed E-state index contributed by atoms with van der Waals surface area (Å²) in [5, 5.41) is 6.13. The second-order valence-corrected chi connectivity index (χ2v) is 6.10. The van der Waals surface area contributed by atoms with Crippen molar-refractivity contribution in [3.8, 4) is 0 Å². The lowest BCUT2D eigenvalue weighted by Gasteiger charge is -2.17. The van der Waals surface area contributed by atoms with Crippen molar-refractivity contribution in [3.63, 3.8) is 0 Å². The summed E-state index contributed by atoms with van der Waals surface area (Å²) in [4.78, 5) is 17.4. The number of carbonyl (C=O) groups excluding carboxylic acids is 1. The molecule has 1 aromatic heterocycles. The molecule has 0 fully saturated rings. The molecule has 2 aromatic carbocycles. The maximum absolute atomic E-state index is 13.0. The first-order valence-electron chi connectivity index (χ1n) is 8.87. The van der Waals surface area contributed by atoms with Gasteiger partial charge < -0.3 is 15.4 Å². The van der Waals surface area contributed by atoms with E-state index in [4.69, 9.17) is 4.74 Å². The van der Waals surface area contributed by atoms with Crippen molar-refractivity contribution in [2.24, 2.45) is 0 Å². The number of ether oxygens (including phenoxy) is 1. The van der Waals surface area contributed by atoms with E-state index in [0.29, 0.717) is 19.0 Å². The number of pyridine rings is 1. The summed E-state index contributed by atoms with van der Waals surface area (Å²) in [7, 11) is 1.66. The number of hydrogen-bond donors (Lipinski definition) is 2. The SMILES string of the molecule is COCCNc1ccc(NC(=O)C(c2ccccc2)c2ccccc2)nc1. The van der Waals surface area contributed by atoms with Crippen LogP contribution in [-0.2, 0) is 9.53 Å². The molecule has 2 N–H and O–H groups in total. The van der Waals surface area contributed by atoms with Crippen molar-refractivity contribution in [2.45, 2.75) is 5.92 Å². The first-order valence-corrected chi connectivity index (χ1v) is 8.87. The Balaban J connectivity index is 1.75. The fourth-order valence-corrected chi connectivity index (χ4v) is 2.85.